The molecule has 0 aliphatic heterocycles. The third kappa shape index (κ3) is 5.00. The molecule has 0 unspecified atom stereocenters. The molecule has 130 valence electrons. The summed E-state index contributed by atoms with van der Waals surface area (Å²) in [5.74, 6) is 0. The summed E-state index contributed by atoms with van der Waals surface area (Å²) in [6, 6.07) is 10.1. The van der Waals surface area contributed by atoms with Crippen LogP contribution in [0.2, 0.25) is 0 Å². The van der Waals surface area contributed by atoms with Crippen molar-refractivity contribution in [2.24, 2.45) is 0 Å². The van der Waals surface area contributed by atoms with E-state index in [9.17, 15) is 17.3 Å². The van der Waals surface area contributed by atoms with Crippen molar-refractivity contribution in [1.82, 2.24) is 14.8 Å². The smallest absolute Gasteiger partial charge is 0.418 e. The van der Waals surface area contributed by atoms with Crippen molar-refractivity contribution in [3.05, 3.63) is 57.2 Å². The van der Waals surface area contributed by atoms with Gasteiger partial charge < -0.3 is 17.3 Å². The molecule has 0 spiro atoms. The van der Waals surface area contributed by atoms with Gasteiger partial charge in [0.25, 0.3) is 0 Å². The van der Waals surface area contributed by atoms with Crippen molar-refractivity contribution in [3.63, 3.8) is 0 Å². The lowest BCUT2D eigenvalue weighted by molar-refractivity contribution is 0.368. The van der Waals surface area contributed by atoms with E-state index in [-0.39, 0.29) is 0 Å². The van der Waals surface area contributed by atoms with E-state index in [0.29, 0.717) is 22.4 Å². The second kappa shape index (κ2) is 7.61. The molecule has 2 aromatic heterocycles. The maximum absolute atomic E-state index is 9.75. The van der Waals surface area contributed by atoms with Gasteiger partial charge in [0.15, 0.2) is 10.6 Å². The Labute approximate surface area is 148 Å². The van der Waals surface area contributed by atoms with E-state index >= 15 is 0 Å². The van der Waals surface area contributed by atoms with E-state index in [0.717, 1.165) is 16.6 Å². The Morgan fingerprint density at radius 2 is 1.80 bits per heavy atom. The summed E-state index contributed by atoms with van der Waals surface area (Å²) in [7, 11) is -6.00. The van der Waals surface area contributed by atoms with E-state index in [2.05, 4.69) is 31.0 Å². The van der Waals surface area contributed by atoms with Gasteiger partial charge in [-0.3, -0.25) is 0 Å². The van der Waals surface area contributed by atoms with E-state index in [1.54, 1.807) is 13.1 Å². The lowest BCUT2D eigenvalue weighted by Gasteiger charge is -2.03. The van der Waals surface area contributed by atoms with E-state index < -0.39 is 7.25 Å². The Balaban J connectivity index is 0.000000399. The zero-order chi connectivity index (χ0) is 18.6. The van der Waals surface area contributed by atoms with Gasteiger partial charge in [0.2, 0.25) is 5.39 Å². The van der Waals surface area contributed by atoms with Crippen molar-refractivity contribution in [3.8, 4) is 0 Å². The van der Waals surface area contributed by atoms with Crippen LogP contribution >= 0.6 is 15.9 Å². The average Bonchev–Trinajstić information content (AvgIpc) is 2.90. The average molecular weight is 416 g/mol. The molecule has 3 rings (SSSR count). The Morgan fingerprint density at radius 1 is 1.20 bits per heavy atom. The highest BCUT2D eigenvalue weighted by Gasteiger charge is 2.23. The van der Waals surface area contributed by atoms with Gasteiger partial charge in [-0.1, -0.05) is 30.3 Å². The van der Waals surface area contributed by atoms with Crippen LogP contribution in [0.3, 0.4) is 0 Å². The summed E-state index contributed by atoms with van der Waals surface area (Å²) in [4.78, 5) is 7.75. The Hall–Kier alpha value is -2.48. The Bertz CT molecular complexity index is 915. The first kappa shape index (κ1) is 18.9. The molecule has 5 nitrogen and oxygen atoms in total. The molecule has 2 heterocycles. The van der Waals surface area contributed by atoms with Gasteiger partial charge >= 0.3 is 12.9 Å². The van der Waals surface area contributed by atoms with Gasteiger partial charge in [0.05, 0.1) is 18.1 Å². The predicted octanol–water partition coefficient (Wildman–Crippen LogP) is 5.34. The first-order chi connectivity index (χ1) is 11.7. The minimum atomic E-state index is -6.00. The zero-order valence-electron chi connectivity index (χ0n) is 12.9. The summed E-state index contributed by atoms with van der Waals surface area (Å²) in [5, 5.41) is 14.2. The molecule has 0 saturated carbocycles. The minimum absolute atomic E-state index is 0.441. The molecule has 0 saturated heterocycles. The molecule has 0 atom stereocenters. The van der Waals surface area contributed by atoms with Crippen LogP contribution in [-0.4, -0.2) is 22.0 Å². The summed E-state index contributed by atoms with van der Waals surface area (Å²) in [6.07, 6.45) is 1.73. The highest BCUT2D eigenvalue weighted by molar-refractivity contribution is 9.10. The van der Waals surface area contributed by atoms with Crippen LogP contribution < -0.4 is 0 Å². The molecular weight excluding hydrogens is 405 g/mol. The fourth-order valence-corrected chi connectivity index (χ4v) is 2.78. The Morgan fingerprint density at radius 3 is 2.36 bits per heavy atom. The molecule has 0 bridgehead atoms. The van der Waals surface area contributed by atoms with E-state index in [1.165, 1.54) is 0 Å². The van der Waals surface area contributed by atoms with Gasteiger partial charge in [0, 0.05) is 0 Å². The summed E-state index contributed by atoms with van der Waals surface area (Å²) < 4.78 is 41.5. The van der Waals surface area contributed by atoms with Crippen molar-refractivity contribution in [1.29, 1.82) is 5.39 Å². The minimum Gasteiger partial charge on any atom is -0.418 e. The van der Waals surface area contributed by atoms with Crippen LogP contribution in [0.15, 0.2) is 41.0 Å². The van der Waals surface area contributed by atoms with Crippen molar-refractivity contribution < 1.29 is 17.3 Å². The molecule has 0 aliphatic carbocycles. The fraction of sp³-hybridized carbons (Fsp3) is 0.143. The third-order valence-electron chi connectivity index (χ3n) is 3.15. The molecule has 0 N–H and O–H groups in total. The molecule has 0 fully saturated rings. The van der Waals surface area contributed by atoms with Crippen molar-refractivity contribution in [2.75, 3.05) is 0 Å². The number of hydrogen-bond acceptors (Lipinski definition) is 3. The zero-order valence-corrected chi connectivity index (χ0v) is 14.5. The number of aryl methyl sites for hydroxylation is 1. The number of fused-ring (bicyclic) bond motifs is 1. The number of pyridine rings is 1. The number of nitrogens with zero attached hydrogens (tertiary/aromatic N) is 5. The van der Waals surface area contributed by atoms with Crippen molar-refractivity contribution >= 4 is 39.9 Å². The molecule has 0 aliphatic rings. The molecule has 3 aromatic rings. The standard InChI is InChI=1S/C14H11BrN5.BF4/c1-9-13(19-16)12(15)11-7-17-20(14(11)18-9)8-10-5-3-2-4-6-10;2-1(3,4)5/h2-7H,8H2,1H3;/q+1;-1. The predicted molar refractivity (Wildman–Crippen MR) is 90.4 cm³/mol. The Kier molecular flexibility index (Phi) is 5.74. The maximum atomic E-state index is 9.75. The fourth-order valence-electron chi connectivity index (χ4n) is 2.14. The van der Waals surface area contributed by atoms with Gasteiger partial charge in [0.1, 0.15) is 10.2 Å². The van der Waals surface area contributed by atoms with E-state index in [4.69, 9.17) is 5.39 Å². The summed E-state index contributed by atoms with van der Waals surface area (Å²) in [5.41, 5.74) is 3.02. The van der Waals surface area contributed by atoms with Crippen LogP contribution in [0.5, 0.6) is 0 Å². The molecule has 1 aromatic carbocycles. The number of aromatic nitrogens is 3. The largest absolute Gasteiger partial charge is 0.673 e. The highest BCUT2D eigenvalue weighted by Crippen LogP contribution is 2.34. The first-order valence-electron chi connectivity index (χ1n) is 6.98. The van der Waals surface area contributed by atoms with Crippen LogP contribution in [0, 0.1) is 12.3 Å². The van der Waals surface area contributed by atoms with Gasteiger partial charge in [-0.05, 0) is 28.4 Å². The van der Waals surface area contributed by atoms with Crippen LogP contribution in [0.1, 0.15) is 11.3 Å². The van der Waals surface area contributed by atoms with Crippen LogP contribution in [0.25, 0.3) is 16.0 Å². The normalized spacial score (nSPS) is 10.9. The topological polar surface area (TPSA) is 58.9 Å². The lowest BCUT2D eigenvalue weighted by atomic mass is 10.2. The number of diazo groups is 1. The van der Waals surface area contributed by atoms with Gasteiger partial charge in [-0.15, -0.1) is 0 Å². The second-order valence-corrected chi connectivity index (χ2v) is 5.77. The second-order valence-electron chi connectivity index (χ2n) is 4.98. The third-order valence-corrected chi connectivity index (χ3v) is 3.95. The lowest BCUT2D eigenvalue weighted by Crippen LogP contribution is -2.02. The van der Waals surface area contributed by atoms with Crippen LogP contribution in [0.4, 0.5) is 23.0 Å². The summed E-state index contributed by atoms with van der Waals surface area (Å²) in [6.45, 7) is 2.46. The van der Waals surface area contributed by atoms with Crippen LogP contribution in [-0.2, 0) is 6.54 Å². The van der Waals surface area contributed by atoms with Gasteiger partial charge in [-0.25, -0.2) is 9.67 Å². The van der Waals surface area contributed by atoms with Gasteiger partial charge in [-0.2, -0.15) is 5.10 Å². The molecule has 25 heavy (non-hydrogen) atoms. The maximum Gasteiger partial charge on any atom is 0.673 e. The highest BCUT2D eigenvalue weighted by atomic mass is 79.9. The SMILES string of the molecule is Cc1nc2c(cnn2Cc2ccccc2)c(Br)c1[N+]#N.F[B-](F)(F)F. The first-order valence-corrected chi connectivity index (χ1v) is 7.78. The van der Waals surface area contributed by atoms with Crippen molar-refractivity contribution in [2.45, 2.75) is 13.5 Å². The summed E-state index contributed by atoms with van der Waals surface area (Å²) >= 11 is 3.44. The number of benzene rings is 1. The number of halogens is 5. The molecule has 11 heteroatoms. The monoisotopic (exact) mass is 415 g/mol. The quantitative estimate of drug-likeness (QED) is 0.322. The number of rotatable bonds is 2. The molecule has 0 amide bonds. The molecular formula is C14H11BBrF4N5. The molecule has 0 radical (unpaired) electrons. The van der Waals surface area contributed by atoms with E-state index in [1.807, 2.05) is 35.0 Å². The number of hydrogen-bond donors (Lipinski definition) is 0.